The summed E-state index contributed by atoms with van der Waals surface area (Å²) in [7, 11) is 1.45. The standard InChI is InChI=1S/C24H32N2O3/c1-28-24(27)10-5-9-22-18-26(16-6-15-25-22)17-20-11-13-23(14-12-20)29-19-21-7-3-2-4-8-21/h2-4,7-8,11-14,22,25H,5-6,9-10,15-19H2,1H3. The van der Waals surface area contributed by atoms with Crippen molar-refractivity contribution in [1.82, 2.24) is 10.2 Å². The van der Waals surface area contributed by atoms with E-state index < -0.39 is 0 Å². The summed E-state index contributed by atoms with van der Waals surface area (Å²) in [5.41, 5.74) is 2.47. The van der Waals surface area contributed by atoms with Crippen LogP contribution in [0.15, 0.2) is 54.6 Å². The second kappa shape index (κ2) is 11.6. The van der Waals surface area contributed by atoms with Gasteiger partial charge in [-0.3, -0.25) is 9.69 Å². The van der Waals surface area contributed by atoms with Crippen LogP contribution in [0.4, 0.5) is 0 Å². The highest BCUT2D eigenvalue weighted by atomic mass is 16.5. The van der Waals surface area contributed by atoms with Crippen molar-refractivity contribution in [2.24, 2.45) is 0 Å². The molecule has 2 aromatic carbocycles. The van der Waals surface area contributed by atoms with E-state index in [1.807, 2.05) is 18.2 Å². The minimum Gasteiger partial charge on any atom is -0.489 e. The number of esters is 1. The second-order valence-electron chi connectivity index (χ2n) is 7.63. The zero-order chi connectivity index (χ0) is 20.3. The molecule has 1 fully saturated rings. The maximum atomic E-state index is 11.3. The highest BCUT2D eigenvalue weighted by molar-refractivity contribution is 5.68. The fraction of sp³-hybridized carbons (Fsp3) is 0.458. The molecule has 1 heterocycles. The van der Waals surface area contributed by atoms with Gasteiger partial charge in [0.1, 0.15) is 12.4 Å². The molecule has 0 radical (unpaired) electrons. The Hall–Kier alpha value is -2.37. The van der Waals surface area contributed by atoms with Crippen LogP contribution < -0.4 is 10.1 Å². The van der Waals surface area contributed by atoms with Gasteiger partial charge in [-0.05, 0) is 55.6 Å². The number of rotatable bonds is 9. The van der Waals surface area contributed by atoms with Crippen LogP contribution in [0.2, 0.25) is 0 Å². The number of nitrogens with zero attached hydrogens (tertiary/aromatic N) is 1. The van der Waals surface area contributed by atoms with E-state index in [0.29, 0.717) is 19.1 Å². The van der Waals surface area contributed by atoms with Crippen LogP contribution in [0.3, 0.4) is 0 Å². The van der Waals surface area contributed by atoms with E-state index >= 15 is 0 Å². The van der Waals surface area contributed by atoms with Gasteiger partial charge in [-0.15, -0.1) is 0 Å². The van der Waals surface area contributed by atoms with Gasteiger partial charge in [0.05, 0.1) is 7.11 Å². The number of nitrogens with one attached hydrogen (secondary N) is 1. The molecule has 0 spiro atoms. The van der Waals surface area contributed by atoms with Crippen molar-refractivity contribution in [2.45, 2.75) is 44.9 Å². The number of hydrogen-bond donors (Lipinski definition) is 1. The van der Waals surface area contributed by atoms with E-state index in [4.69, 9.17) is 9.47 Å². The van der Waals surface area contributed by atoms with Crippen LogP contribution in [-0.4, -0.2) is 43.7 Å². The lowest BCUT2D eigenvalue weighted by Crippen LogP contribution is -2.37. The lowest BCUT2D eigenvalue weighted by atomic mass is 10.1. The van der Waals surface area contributed by atoms with Crippen LogP contribution >= 0.6 is 0 Å². The first kappa shape index (κ1) is 21.3. The lowest BCUT2D eigenvalue weighted by Gasteiger charge is -2.24. The van der Waals surface area contributed by atoms with Crippen LogP contribution in [0.25, 0.3) is 0 Å². The zero-order valence-electron chi connectivity index (χ0n) is 17.3. The van der Waals surface area contributed by atoms with Gasteiger partial charge in [0, 0.05) is 25.6 Å². The molecule has 0 saturated carbocycles. The Balaban J connectivity index is 1.46. The van der Waals surface area contributed by atoms with E-state index in [2.05, 4.69) is 46.6 Å². The van der Waals surface area contributed by atoms with Crippen LogP contribution in [0.1, 0.15) is 36.8 Å². The number of carbonyl (C=O) groups is 1. The number of ether oxygens (including phenoxy) is 2. The van der Waals surface area contributed by atoms with Gasteiger partial charge in [-0.1, -0.05) is 42.5 Å². The van der Waals surface area contributed by atoms with Crippen molar-refractivity contribution in [3.05, 3.63) is 65.7 Å². The van der Waals surface area contributed by atoms with Gasteiger partial charge < -0.3 is 14.8 Å². The molecular weight excluding hydrogens is 364 g/mol. The molecule has 29 heavy (non-hydrogen) atoms. The summed E-state index contributed by atoms with van der Waals surface area (Å²) in [6.07, 6.45) is 3.51. The predicted molar refractivity (Wildman–Crippen MR) is 115 cm³/mol. The molecule has 5 heteroatoms. The molecule has 5 nitrogen and oxygen atoms in total. The summed E-state index contributed by atoms with van der Waals surface area (Å²) in [5.74, 6) is 0.779. The topological polar surface area (TPSA) is 50.8 Å². The molecule has 2 aromatic rings. The summed E-state index contributed by atoms with van der Waals surface area (Å²) < 4.78 is 10.6. The van der Waals surface area contributed by atoms with Crippen molar-refractivity contribution in [3.63, 3.8) is 0 Å². The molecule has 1 saturated heterocycles. The van der Waals surface area contributed by atoms with Crippen molar-refractivity contribution in [1.29, 1.82) is 0 Å². The van der Waals surface area contributed by atoms with Crippen LogP contribution in [-0.2, 0) is 22.7 Å². The summed E-state index contributed by atoms with van der Waals surface area (Å²) in [4.78, 5) is 13.8. The smallest absolute Gasteiger partial charge is 0.305 e. The highest BCUT2D eigenvalue weighted by Crippen LogP contribution is 2.17. The molecule has 0 amide bonds. The lowest BCUT2D eigenvalue weighted by molar-refractivity contribution is -0.140. The molecule has 1 N–H and O–H groups in total. The van der Waals surface area contributed by atoms with Gasteiger partial charge in [-0.25, -0.2) is 0 Å². The molecule has 3 rings (SSSR count). The van der Waals surface area contributed by atoms with Gasteiger partial charge in [0.2, 0.25) is 0 Å². The first-order valence-electron chi connectivity index (χ1n) is 10.5. The minimum absolute atomic E-state index is 0.120. The largest absolute Gasteiger partial charge is 0.489 e. The van der Waals surface area contributed by atoms with Crippen molar-refractivity contribution < 1.29 is 14.3 Å². The number of benzene rings is 2. The van der Waals surface area contributed by atoms with Gasteiger partial charge in [-0.2, -0.15) is 0 Å². The third kappa shape index (κ3) is 7.52. The minimum atomic E-state index is -0.120. The predicted octanol–water partition coefficient (Wildman–Crippen LogP) is 3.77. The third-order valence-corrected chi connectivity index (χ3v) is 5.30. The maximum Gasteiger partial charge on any atom is 0.305 e. The average molecular weight is 397 g/mol. The van der Waals surface area contributed by atoms with Crippen LogP contribution in [0, 0.1) is 0 Å². The molecule has 1 aliphatic rings. The molecule has 156 valence electrons. The van der Waals surface area contributed by atoms with Crippen molar-refractivity contribution in [3.8, 4) is 5.75 Å². The average Bonchev–Trinajstić information content (AvgIpc) is 2.99. The van der Waals surface area contributed by atoms with E-state index in [1.54, 1.807) is 0 Å². The molecule has 1 atom stereocenters. The van der Waals surface area contributed by atoms with Gasteiger partial charge in [0.25, 0.3) is 0 Å². The Kier molecular flexibility index (Phi) is 8.53. The Morgan fingerprint density at radius 2 is 1.90 bits per heavy atom. The molecule has 0 aliphatic carbocycles. The van der Waals surface area contributed by atoms with Crippen molar-refractivity contribution >= 4 is 5.97 Å². The fourth-order valence-electron chi connectivity index (χ4n) is 3.70. The van der Waals surface area contributed by atoms with E-state index in [0.717, 1.165) is 51.2 Å². The first-order chi connectivity index (χ1) is 14.2. The zero-order valence-corrected chi connectivity index (χ0v) is 17.3. The highest BCUT2D eigenvalue weighted by Gasteiger charge is 2.18. The Morgan fingerprint density at radius 1 is 1.10 bits per heavy atom. The Bertz CT molecular complexity index is 734. The molecule has 0 bridgehead atoms. The summed E-state index contributed by atoms with van der Waals surface area (Å²) in [5, 5.41) is 3.62. The SMILES string of the molecule is COC(=O)CCCC1CN(Cc2ccc(OCc3ccccc3)cc2)CCCN1. The summed E-state index contributed by atoms with van der Waals surface area (Å²) >= 11 is 0. The normalized spacial score (nSPS) is 17.5. The van der Waals surface area contributed by atoms with E-state index in [1.165, 1.54) is 18.2 Å². The molecule has 0 aromatic heterocycles. The van der Waals surface area contributed by atoms with Crippen LogP contribution in [0.5, 0.6) is 5.75 Å². The van der Waals surface area contributed by atoms with Crippen molar-refractivity contribution in [2.75, 3.05) is 26.7 Å². The maximum absolute atomic E-state index is 11.3. The summed E-state index contributed by atoms with van der Waals surface area (Å²) in [6, 6.07) is 19.1. The number of hydrogen-bond acceptors (Lipinski definition) is 5. The Morgan fingerprint density at radius 3 is 2.66 bits per heavy atom. The first-order valence-corrected chi connectivity index (χ1v) is 10.5. The monoisotopic (exact) mass is 396 g/mol. The molecule has 1 unspecified atom stereocenters. The van der Waals surface area contributed by atoms with E-state index in [-0.39, 0.29) is 5.97 Å². The second-order valence-corrected chi connectivity index (χ2v) is 7.63. The summed E-state index contributed by atoms with van der Waals surface area (Å²) in [6.45, 7) is 4.66. The number of methoxy groups -OCH3 is 1. The third-order valence-electron chi connectivity index (χ3n) is 5.30. The molecular formula is C24H32N2O3. The Labute approximate surface area is 174 Å². The van der Waals surface area contributed by atoms with E-state index in [9.17, 15) is 4.79 Å². The quantitative estimate of drug-likeness (QED) is 0.654. The van der Waals surface area contributed by atoms with Gasteiger partial charge in [0.15, 0.2) is 0 Å². The van der Waals surface area contributed by atoms with Gasteiger partial charge >= 0.3 is 5.97 Å². The number of carbonyl (C=O) groups excluding carboxylic acids is 1. The molecule has 1 aliphatic heterocycles. The fourth-order valence-corrected chi connectivity index (χ4v) is 3.70.